The Balaban J connectivity index is 3.04. The predicted octanol–water partition coefficient (Wildman–Crippen LogP) is 1.03. The van der Waals surface area contributed by atoms with Crippen LogP contribution in [0.15, 0.2) is 29.2 Å². The molecule has 1 rings (SSSR count). The molecule has 0 aliphatic heterocycles. The molecule has 11 heteroatoms. The van der Waals surface area contributed by atoms with Crippen molar-refractivity contribution in [1.29, 1.82) is 0 Å². The van der Waals surface area contributed by atoms with Gasteiger partial charge in [-0.05, 0) is 17.7 Å². The highest BCUT2D eigenvalue weighted by atomic mass is 32.2. The number of hydrogen-bond donors (Lipinski definition) is 1. The molecule has 25 heavy (non-hydrogen) atoms. The number of nitrogens with zero attached hydrogens (tertiary/aromatic N) is 1. The summed E-state index contributed by atoms with van der Waals surface area (Å²) in [4.78, 5) is 23.2. The molecule has 1 atom stereocenters. The van der Waals surface area contributed by atoms with Gasteiger partial charge in [-0.25, -0.2) is 13.6 Å². The van der Waals surface area contributed by atoms with Crippen molar-refractivity contribution in [2.24, 2.45) is 11.1 Å². The number of hydrogen-bond acceptors (Lipinski definition) is 5. The third-order valence-corrected chi connectivity index (χ3v) is 4.18. The summed E-state index contributed by atoms with van der Waals surface area (Å²) in [5.41, 5.74) is 0.238. The van der Waals surface area contributed by atoms with E-state index in [2.05, 4.69) is 4.74 Å². The van der Waals surface area contributed by atoms with E-state index in [0.29, 0.717) is 4.90 Å². The van der Waals surface area contributed by atoms with Gasteiger partial charge in [0.2, 0.25) is 10.0 Å². The van der Waals surface area contributed by atoms with Crippen molar-refractivity contribution in [1.82, 2.24) is 4.90 Å². The number of esters is 1. The molecular weight excluding hydrogens is 365 g/mol. The topological polar surface area (TPSA) is 107 Å². The van der Waals surface area contributed by atoms with Crippen LogP contribution in [0.3, 0.4) is 0 Å². The van der Waals surface area contributed by atoms with Crippen LogP contribution in [0.25, 0.3) is 0 Å². The van der Waals surface area contributed by atoms with Crippen molar-refractivity contribution in [3.8, 4) is 0 Å². The fraction of sp³-hybridized carbons (Fsp3) is 0.429. The van der Waals surface area contributed by atoms with E-state index in [-0.39, 0.29) is 10.5 Å². The van der Waals surface area contributed by atoms with Crippen molar-refractivity contribution in [2.75, 3.05) is 13.7 Å². The molecule has 0 bridgehead atoms. The molecule has 1 amide bonds. The molecule has 0 spiro atoms. The highest BCUT2D eigenvalue weighted by molar-refractivity contribution is 7.89. The largest absolute Gasteiger partial charge is 0.471 e. The van der Waals surface area contributed by atoms with Crippen molar-refractivity contribution in [3.63, 3.8) is 0 Å². The molecule has 140 valence electrons. The van der Waals surface area contributed by atoms with Crippen LogP contribution in [0, 0.1) is 5.92 Å². The summed E-state index contributed by atoms with van der Waals surface area (Å²) in [6.45, 7) is 0.346. The number of alkyl halides is 3. The molecule has 1 aromatic rings. The highest BCUT2D eigenvalue weighted by Gasteiger charge is 2.43. The van der Waals surface area contributed by atoms with E-state index in [4.69, 9.17) is 5.14 Å². The van der Waals surface area contributed by atoms with Gasteiger partial charge in [-0.15, -0.1) is 0 Å². The van der Waals surface area contributed by atoms with E-state index in [1.54, 1.807) is 0 Å². The average molecular weight is 382 g/mol. The maximum atomic E-state index is 12.8. The number of carbonyl (C=O) groups is 2. The van der Waals surface area contributed by atoms with Crippen molar-refractivity contribution < 1.29 is 35.9 Å². The van der Waals surface area contributed by atoms with Crippen LogP contribution in [0.1, 0.15) is 12.5 Å². The fourth-order valence-corrected chi connectivity index (χ4v) is 2.53. The SMILES string of the molecule is COC(=O)C(C)CN(Cc1ccc(S(N)(=O)=O)cc1)C(=O)C(F)(F)F. The molecule has 0 radical (unpaired) electrons. The first kappa shape index (κ1) is 20.9. The van der Waals surface area contributed by atoms with Crippen LogP contribution in [0.2, 0.25) is 0 Å². The standard InChI is InChI=1S/C14H17F3N2O5S/c1-9(12(20)24-2)7-19(13(21)14(15,16)17)8-10-3-5-11(6-4-10)25(18,22)23/h3-6,9H,7-8H2,1-2H3,(H2,18,22,23). The van der Waals surface area contributed by atoms with Crippen LogP contribution in [0.4, 0.5) is 13.2 Å². The van der Waals surface area contributed by atoms with Crippen LogP contribution in [-0.4, -0.2) is 45.0 Å². The number of ether oxygens (including phenoxy) is 1. The van der Waals surface area contributed by atoms with E-state index in [0.717, 1.165) is 19.2 Å². The molecule has 0 heterocycles. The first-order chi connectivity index (χ1) is 11.4. The molecule has 7 nitrogen and oxygen atoms in total. The van der Waals surface area contributed by atoms with Crippen LogP contribution in [-0.2, 0) is 30.9 Å². The Kier molecular flexibility index (Phi) is 6.54. The number of benzene rings is 1. The first-order valence-electron chi connectivity index (χ1n) is 6.92. The number of methoxy groups -OCH3 is 1. The number of carbonyl (C=O) groups excluding carboxylic acids is 2. The number of sulfonamides is 1. The molecule has 2 N–H and O–H groups in total. The number of primary sulfonamides is 1. The lowest BCUT2D eigenvalue weighted by atomic mass is 10.1. The smallest absolute Gasteiger partial charge is 0.469 e. The maximum Gasteiger partial charge on any atom is 0.471 e. The third kappa shape index (κ3) is 6.02. The van der Waals surface area contributed by atoms with Gasteiger partial charge < -0.3 is 9.64 Å². The quantitative estimate of drug-likeness (QED) is 0.740. The van der Waals surface area contributed by atoms with E-state index in [9.17, 15) is 31.2 Å². The van der Waals surface area contributed by atoms with Crippen molar-refractivity contribution in [2.45, 2.75) is 24.5 Å². The highest BCUT2D eigenvalue weighted by Crippen LogP contribution is 2.21. The van der Waals surface area contributed by atoms with Crippen LogP contribution >= 0.6 is 0 Å². The molecular formula is C14H17F3N2O5S. The van der Waals surface area contributed by atoms with Gasteiger partial charge in [0.25, 0.3) is 0 Å². The summed E-state index contributed by atoms with van der Waals surface area (Å²) < 4.78 is 65.0. The van der Waals surface area contributed by atoms with E-state index in [1.165, 1.54) is 19.1 Å². The van der Waals surface area contributed by atoms with E-state index < -0.39 is 47.1 Å². The average Bonchev–Trinajstić information content (AvgIpc) is 2.51. The number of amides is 1. The van der Waals surface area contributed by atoms with Gasteiger partial charge >= 0.3 is 18.1 Å². The summed E-state index contributed by atoms with van der Waals surface area (Å²) in [6, 6.07) is 4.70. The van der Waals surface area contributed by atoms with Crippen molar-refractivity contribution >= 4 is 21.9 Å². The van der Waals surface area contributed by atoms with E-state index >= 15 is 0 Å². The fourth-order valence-electron chi connectivity index (χ4n) is 2.01. The van der Waals surface area contributed by atoms with E-state index in [1.807, 2.05) is 0 Å². The Bertz CT molecular complexity index is 732. The summed E-state index contributed by atoms with van der Waals surface area (Å²) in [5.74, 6) is -3.84. The summed E-state index contributed by atoms with van der Waals surface area (Å²) >= 11 is 0. The summed E-state index contributed by atoms with van der Waals surface area (Å²) in [7, 11) is -2.86. The van der Waals surface area contributed by atoms with Gasteiger partial charge in [0.1, 0.15) is 0 Å². The lowest BCUT2D eigenvalue weighted by molar-refractivity contribution is -0.187. The van der Waals surface area contributed by atoms with Crippen LogP contribution < -0.4 is 5.14 Å². The molecule has 0 fully saturated rings. The second-order valence-corrected chi connectivity index (χ2v) is 6.86. The zero-order valence-corrected chi connectivity index (χ0v) is 14.2. The normalized spacial score (nSPS) is 13.2. The van der Waals surface area contributed by atoms with Gasteiger partial charge in [-0.3, -0.25) is 9.59 Å². The lowest BCUT2D eigenvalue weighted by Gasteiger charge is -2.26. The Morgan fingerprint density at radius 2 is 1.76 bits per heavy atom. The maximum absolute atomic E-state index is 12.8. The second-order valence-electron chi connectivity index (χ2n) is 5.30. The van der Waals surface area contributed by atoms with Gasteiger partial charge in [-0.2, -0.15) is 13.2 Å². The molecule has 1 unspecified atom stereocenters. The van der Waals surface area contributed by atoms with Gasteiger partial charge in [0, 0.05) is 13.1 Å². The Morgan fingerprint density at radius 1 is 1.24 bits per heavy atom. The predicted molar refractivity (Wildman–Crippen MR) is 80.5 cm³/mol. The van der Waals surface area contributed by atoms with Crippen LogP contribution in [0.5, 0.6) is 0 Å². The number of nitrogens with two attached hydrogens (primary N) is 1. The van der Waals surface area contributed by atoms with Gasteiger partial charge in [0.15, 0.2) is 0 Å². The lowest BCUT2D eigenvalue weighted by Crippen LogP contribution is -2.44. The molecule has 0 aliphatic carbocycles. The summed E-state index contributed by atoms with van der Waals surface area (Å²) in [5, 5.41) is 4.94. The molecule has 0 saturated heterocycles. The Hall–Kier alpha value is -2.14. The minimum absolute atomic E-state index is 0.215. The molecule has 1 aromatic carbocycles. The molecule has 0 aromatic heterocycles. The minimum Gasteiger partial charge on any atom is -0.469 e. The zero-order chi connectivity index (χ0) is 19.4. The Morgan fingerprint density at radius 3 is 2.16 bits per heavy atom. The zero-order valence-electron chi connectivity index (χ0n) is 13.4. The third-order valence-electron chi connectivity index (χ3n) is 3.25. The van der Waals surface area contributed by atoms with Crippen molar-refractivity contribution in [3.05, 3.63) is 29.8 Å². The second kappa shape index (κ2) is 7.83. The number of rotatable bonds is 6. The van der Waals surface area contributed by atoms with Gasteiger partial charge in [-0.1, -0.05) is 19.1 Å². The number of halogens is 3. The first-order valence-corrected chi connectivity index (χ1v) is 8.46. The molecule has 0 saturated carbocycles. The molecule has 0 aliphatic rings. The summed E-state index contributed by atoms with van der Waals surface area (Å²) in [6.07, 6.45) is -5.11. The van der Waals surface area contributed by atoms with Gasteiger partial charge in [0.05, 0.1) is 17.9 Å². The minimum atomic E-state index is -5.11. The monoisotopic (exact) mass is 382 g/mol. The Labute approximate surface area is 142 Å².